The van der Waals surface area contributed by atoms with Crippen molar-refractivity contribution in [2.45, 2.75) is 13.5 Å². The molecule has 0 radical (unpaired) electrons. The van der Waals surface area contributed by atoms with Gasteiger partial charge in [0.2, 0.25) is 5.89 Å². The Kier molecular flexibility index (Phi) is 3.07. The highest BCUT2D eigenvalue weighted by Gasteiger charge is 2.10. The number of hydrogen-bond acceptors (Lipinski definition) is 6. The van der Waals surface area contributed by atoms with E-state index in [4.69, 9.17) is 9.26 Å². The fourth-order valence-corrected chi connectivity index (χ4v) is 1.32. The van der Waals surface area contributed by atoms with E-state index in [-0.39, 0.29) is 0 Å². The van der Waals surface area contributed by atoms with Gasteiger partial charge in [-0.25, -0.2) is 10.4 Å². The molecule has 1 fully saturated rings. The van der Waals surface area contributed by atoms with Gasteiger partial charge in [-0.2, -0.15) is 4.98 Å². The third-order valence-corrected chi connectivity index (χ3v) is 2.04. The normalized spacial score (nSPS) is 18.6. The van der Waals surface area contributed by atoms with Crippen molar-refractivity contribution in [3.05, 3.63) is 11.7 Å². The maximum absolute atomic E-state index is 5.22. The lowest BCUT2D eigenvalue weighted by Gasteiger charge is -2.26. The summed E-state index contributed by atoms with van der Waals surface area (Å²) in [5, 5.41) is 5.90. The summed E-state index contributed by atoms with van der Waals surface area (Å²) < 4.78 is 10.1. The van der Waals surface area contributed by atoms with Crippen LogP contribution in [0.3, 0.4) is 0 Å². The second-order valence-electron chi connectivity index (χ2n) is 3.16. The molecule has 0 aliphatic carbocycles. The zero-order chi connectivity index (χ0) is 9.80. The lowest BCUT2D eigenvalue weighted by atomic mass is 10.5. The van der Waals surface area contributed by atoms with Crippen LogP contribution in [-0.2, 0) is 11.3 Å². The minimum atomic E-state index is 0.601. The lowest BCUT2D eigenvalue weighted by Crippen LogP contribution is -2.45. The highest BCUT2D eigenvalue weighted by atomic mass is 16.5. The summed E-state index contributed by atoms with van der Waals surface area (Å²) in [7, 11) is 0. The monoisotopic (exact) mass is 198 g/mol. The summed E-state index contributed by atoms with van der Waals surface area (Å²) >= 11 is 0. The molecule has 1 aromatic rings. The molecule has 0 spiro atoms. The van der Waals surface area contributed by atoms with Crippen LogP contribution in [0.25, 0.3) is 0 Å². The maximum atomic E-state index is 5.22. The van der Waals surface area contributed by atoms with E-state index in [9.17, 15) is 0 Å². The van der Waals surface area contributed by atoms with Gasteiger partial charge >= 0.3 is 0 Å². The van der Waals surface area contributed by atoms with Crippen molar-refractivity contribution >= 4 is 0 Å². The molecular formula is C8H14N4O2. The number of aryl methyl sites for hydroxylation is 1. The van der Waals surface area contributed by atoms with Gasteiger partial charge in [-0.05, 0) is 0 Å². The summed E-state index contributed by atoms with van der Waals surface area (Å²) in [5.41, 5.74) is 3.22. The van der Waals surface area contributed by atoms with Gasteiger partial charge in [0.05, 0.1) is 19.8 Å². The molecule has 6 heteroatoms. The molecule has 1 N–H and O–H groups in total. The fraction of sp³-hybridized carbons (Fsp3) is 0.750. The van der Waals surface area contributed by atoms with Crippen LogP contribution in [-0.4, -0.2) is 41.5 Å². The number of nitrogens with zero attached hydrogens (tertiary/aromatic N) is 3. The van der Waals surface area contributed by atoms with Gasteiger partial charge in [0.15, 0.2) is 5.82 Å². The number of morpholine rings is 1. The van der Waals surface area contributed by atoms with Crippen molar-refractivity contribution in [3.8, 4) is 0 Å². The molecule has 0 bridgehead atoms. The first kappa shape index (κ1) is 9.57. The molecule has 2 rings (SSSR count). The summed E-state index contributed by atoms with van der Waals surface area (Å²) in [4.78, 5) is 4.10. The number of hydrogen-bond donors (Lipinski definition) is 1. The fourth-order valence-electron chi connectivity index (χ4n) is 1.32. The van der Waals surface area contributed by atoms with E-state index < -0.39 is 0 Å². The second-order valence-corrected chi connectivity index (χ2v) is 3.16. The number of hydrazine groups is 1. The van der Waals surface area contributed by atoms with Crippen LogP contribution in [0, 0.1) is 6.92 Å². The summed E-state index contributed by atoms with van der Waals surface area (Å²) in [5.74, 6) is 1.29. The Balaban J connectivity index is 1.76. The zero-order valence-electron chi connectivity index (χ0n) is 8.19. The van der Waals surface area contributed by atoms with E-state index >= 15 is 0 Å². The van der Waals surface area contributed by atoms with Crippen LogP contribution in [0.15, 0.2) is 4.52 Å². The number of ether oxygens (including phenoxy) is 1. The highest BCUT2D eigenvalue weighted by molar-refractivity contribution is 4.82. The van der Waals surface area contributed by atoms with E-state index in [1.807, 2.05) is 0 Å². The predicted octanol–water partition coefficient (Wildman–Crippen LogP) is -0.285. The van der Waals surface area contributed by atoms with Crippen molar-refractivity contribution in [3.63, 3.8) is 0 Å². The van der Waals surface area contributed by atoms with Crippen LogP contribution in [0.4, 0.5) is 0 Å². The molecule has 0 unspecified atom stereocenters. The van der Waals surface area contributed by atoms with Gasteiger partial charge in [0.1, 0.15) is 0 Å². The zero-order valence-corrected chi connectivity index (χ0v) is 8.19. The molecule has 2 heterocycles. The molecule has 1 saturated heterocycles. The largest absolute Gasteiger partial charge is 0.379 e. The molecule has 1 aliphatic heterocycles. The average molecular weight is 198 g/mol. The number of nitrogens with one attached hydrogen (secondary N) is 1. The Morgan fingerprint density at radius 2 is 2.21 bits per heavy atom. The second kappa shape index (κ2) is 4.50. The Hall–Kier alpha value is -0.980. The van der Waals surface area contributed by atoms with Gasteiger partial charge in [-0.1, -0.05) is 5.16 Å². The molecule has 0 saturated carbocycles. The molecule has 0 amide bonds. The molecule has 6 nitrogen and oxygen atoms in total. The lowest BCUT2D eigenvalue weighted by molar-refractivity contribution is 0.0100. The topological polar surface area (TPSA) is 63.4 Å². The van der Waals surface area contributed by atoms with Crippen LogP contribution in [0.5, 0.6) is 0 Å². The van der Waals surface area contributed by atoms with Crippen molar-refractivity contribution in [2.24, 2.45) is 0 Å². The molecule has 1 aliphatic rings. The van der Waals surface area contributed by atoms with Crippen LogP contribution >= 0.6 is 0 Å². The minimum absolute atomic E-state index is 0.601. The average Bonchev–Trinajstić information content (AvgIpc) is 2.63. The Morgan fingerprint density at radius 3 is 2.86 bits per heavy atom. The van der Waals surface area contributed by atoms with Crippen LogP contribution in [0.1, 0.15) is 11.7 Å². The smallest absolute Gasteiger partial charge is 0.223 e. The van der Waals surface area contributed by atoms with E-state index in [0.29, 0.717) is 18.3 Å². The Bertz CT molecular complexity index is 283. The van der Waals surface area contributed by atoms with Crippen LogP contribution < -0.4 is 5.43 Å². The molecular weight excluding hydrogens is 184 g/mol. The summed E-state index contributed by atoms with van der Waals surface area (Å²) in [6.45, 7) is 5.74. The van der Waals surface area contributed by atoms with E-state index in [2.05, 4.69) is 20.6 Å². The van der Waals surface area contributed by atoms with Crippen molar-refractivity contribution in [1.29, 1.82) is 0 Å². The van der Waals surface area contributed by atoms with Gasteiger partial charge in [0.25, 0.3) is 0 Å². The van der Waals surface area contributed by atoms with E-state index in [1.165, 1.54) is 0 Å². The highest BCUT2D eigenvalue weighted by Crippen LogP contribution is 1.96. The third-order valence-electron chi connectivity index (χ3n) is 2.04. The SMILES string of the molecule is Cc1nc(CNN2CCOCC2)no1. The predicted molar refractivity (Wildman–Crippen MR) is 48.3 cm³/mol. The van der Waals surface area contributed by atoms with Crippen molar-refractivity contribution < 1.29 is 9.26 Å². The van der Waals surface area contributed by atoms with Crippen molar-refractivity contribution in [1.82, 2.24) is 20.6 Å². The van der Waals surface area contributed by atoms with Gasteiger partial charge < -0.3 is 9.26 Å². The molecule has 0 atom stereocenters. The van der Waals surface area contributed by atoms with E-state index in [1.54, 1.807) is 6.92 Å². The third kappa shape index (κ3) is 2.50. The standard InChI is InChI=1S/C8H14N4O2/c1-7-10-8(11-14-7)6-9-12-2-4-13-5-3-12/h9H,2-6H2,1H3. The molecule has 78 valence electrons. The summed E-state index contributed by atoms with van der Waals surface area (Å²) in [6, 6.07) is 0. The quantitative estimate of drug-likeness (QED) is 0.720. The first-order valence-corrected chi connectivity index (χ1v) is 4.70. The first-order chi connectivity index (χ1) is 6.84. The first-order valence-electron chi connectivity index (χ1n) is 4.70. The van der Waals surface area contributed by atoms with Crippen molar-refractivity contribution in [2.75, 3.05) is 26.3 Å². The van der Waals surface area contributed by atoms with Gasteiger partial charge in [-0.15, -0.1) is 0 Å². The van der Waals surface area contributed by atoms with Gasteiger partial charge in [-0.3, -0.25) is 0 Å². The molecule has 14 heavy (non-hydrogen) atoms. The minimum Gasteiger partial charge on any atom is -0.379 e. The summed E-state index contributed by atoms with van der Waals surface area (Å²) in [6.07, 6.45) is 0. The Morgan fingerprint density at radius 1 is 1.43 bits per heavy atom. The molecule has 1 aromatic heterocycles. The van der Waals surface area contributed by atoms with Gasteiger partial charge in [0, 0.05) is 20.0 Å². The Labute approximate surface area is 82.2 Å². The van der Waals surface area contributed by atoms with Crippen LogP contribution in [0.2, 0.25) is 0 Å². The molecule has 0 aromatic carbocycles. The number of rotatable bonds is 3. The maximum Gasteiger partial charge on any atom is 0.223 e. The number of aromatic nitrogens is 2. The van der Waals surface area contributed by atoms with E-state index in [0.717, 1.165) is 26.3 Å².